The van der Waals surface area contributed by atoms with Crippen LogP contribution in [0.1, 0.15) is 52.0 Å². The van der Waals surface area contributed by atoms with E-state index in [9.17, 15) is 18.0 Å². The summed E-state index contributed by atoms with van der Waals surface area (Å²) in [6.07, 6.45) is 3.53. The van der Waals surface area contributed by atoms with E-state index in [1.54, 1.807) is 23.1 Å². The van der Waals surface area contributed by atoms with Crippen LogP contribution in [0.2, 0.25) is 0 Å². The van der Waals surface area contributed by atoms with Crippen molar-refractivity contribution in [1.29, 1.82) is 0 Å². The Morgan fingerprint density at radius 2 is 1.90 bits per heavy atom. The van der Waals surface area contributed by atoms with Crippen molar-refractivity contribution in [1.82, 2.24) is 9.62 Å². The Hall–Kier alpha value is -1.93. The third-order valence-electron chi connectivity index (χ3n) is 6.01. The Labute approximate surface area is 173 Å². The van der Waals surface area contributed by atoms with Gasteiger partial charge in [-0.05, 0) is 62.8 Å². The second-order valence-corrected chi connectivity index (χ2v) is 10.00. The summed E-state index contributed by atoms with van der Waals surface area (Å²) >= 11 is 0. The average Bonchev–Trinajstić information content (AvgIpc) is 2.72. The highest BCUT2D eigenvalue weighted by Crippen LogP contribution is 2.31. The van der Waals surface area contributed by atoms with Crippen LogP contribution in [-0.2, 0) is 26.0 Å². The summed E-state index contributed by atoms with van der Waals surface area (Å²) < 4.78 is 27.7. The topological polar surface area (TPSA) is 86.8 Å². The van der Waals surface area contributed by atoms with Crippen LogP contribution in [-0.4, -0.2) is 50.2 Å². The first-order valence-corrected chi connectivity index (χ1v) is 11.9. The van der Waals surface area contributed by atoms with E-state index in [0.29, 0.717) is 32.5 Å². The van der Waals surface area contributed by atoms with Gasteiger partial charge in [0, 0.05) is 44.2 Å². The second kappa shape index (κ2) is 8.83. The number of carbonyl (C=O) groups excluding carboxylic acids is 2. The van der Waals surface area contributed by atoms with Crippen LogP contribution in [0.3, 0.4) is 0 Å². The normalized spacial score (nSPS) is 19.5. The largest absolute Gasteiger partial charge is 0.353 e. The second-order valence-electron chi connectivity index (χ2n) is 8.06. The van der Waals surface area contributed by atoms with Crippen LogP contribution in [0, 0.1) is 5.92 Å². The van der Waals surface area contributed by atoms with Crippen molar-refractivity contribution in [3.8, 4) is 0 Å². The molecule has 2 amide bonds. The number of nitrogens with one attached hydrogen (secondary N) is 1. The number of amides is 2. The lowest BCUT2D eigenvalue weighted by atomic mass is 9.97. The zero-order chi connectivity index (χ0) is 21.2. The predicted molar refractivity (Wildman–Crippen MR) is 112 cm³/mol. The summed E-state index contributed by atoms with van der Waals surface area (Å²) in [4.78, 5) is 26.1. The number of nitrogens with zero attached hydrogens (tertiary/aromatic N) is 2. The van der Waals surface area contributed by atoms with Gasteiger partial charge in [0.15, 0.2) is 0 Å². The number of sulfonamides is 1. The van der Waals surface area contributed by atoms with Gasteiger partial charge in [-0.15, -0.1) is 0 Å². The van der Waals surface area contributed by atoms with Gasteiger partial charge in [-0.25, -0.2) is 8.42 Å². The molecule has 160 valence electrons. The fourth-order valence-electron chi connectivity index (χ4n) is 4.03. The molecule has 2 aliphatic rings. The van der Waals surface area contributed by atoms with Crippen molar-refractivity contribution in [2.24, 2.45) is 5.92 Å². The molecule has 1 aromatic rings. The van der Waals surface area contributed by atoms with E-state index in [2.05, 4.69) is 5.32 Å². The Morgan fingerprint density at radius 1 is 1.21 bits per heavy atom. The third kappa shape index (κ3) is 4.64. The molecule has 1 atom stereocenters. The Bertz CT molecular complexity index is 876. The summed E-state index contributed by atoms with van der Waals surface area (Å²) in [5, 5.41) is 2.99. The summed E-state index contributed by atoms with van der Waals surface area (Å²) in [5.41, 5.74) is 1.71. The lowest BCUT2D eigenvalue weighted by Crippen LogP contribution is -2.44. The maximum absolute atomic E-state index is 13.1. The third-order valence-corrected chi connectivity index (χ3v) is 7.91. The van der Waals surface area contributed by atoms with Crippen molar-refractivity contribution >= 4 is 27.5 Å². The standard InChI is InChI=1S/C21H31N3O4S/c1-4-15(2)22-21(26)17-9-12-23(13-10-17)29(27,28)19-7-8-20-18(14-19)6-5-11-24(20)16(3)25/h7-8,14-15,17H,4-6,9-13H2,1-3H3,(H,22,26)/t15-/m0/s1. The first-order chi connectivity index (χ1) is 13.7. The van der Waals surface area contributed by atoms with Crippen LogP contribution in [0.4, 0.5) is 5.69 Å². The average molecular weight is 422 g/mol. The van der Waals surface area contributed by atoms with E-state index in [4.69, 9.17) is 0 Å². The molecule has 8 heteroatoms. The van der Waals surface area contributed by atoms with E-state index in [1.807, 2.05) is 13.8 Å². The first-order valence-electron chi connectivity index (χ1n) is 10.5. The minimum absolute atomic E-state index is 0.0227. The highest BCUT2D eigenvalue weighted by atomic mass is 32.2. The van der Waals surface area contributed by atoms with Crippen LogP contribution in [0.15, 0.2) is 23.1 Å². The number of fused-ring (bicyclic) bond motifs is 1. The first kappa shape index (κ1) is 21.8. The van der Waals surface area contributed by atoms with Gasteiger partial charge < -0.3 is 10.2 Å². The number of benzene rings is 1. The van der Waals surface area contributed by atoms with Crippen molar-refractivity contribution in [3.05, 3.63) is 23.8 Å². The predicted octanol–water partition coefficient (Wildman–Crippen LogP) is 2.30. The maximum atomic E-state index is 13.1. The number of aryl methyl sites for hydroxylation is 1. The molecular weight excluding hydrogens is 390 g/mol. The number of hydrogen-bond acceptors (Lipinski definition) is 4. The zero-order valence-corrected chi connectivity index (χ0v) is 18.3. The van der Waals surface area contributed by atoms with E-state index >= 15 is 0 Å². The highest BCUT2D eigenvalue weighted by molar-refractivity contribution is 7.89. The molecule has 2 aliphatic heterocycles. The van der Waals surface area contributed by atoms with E-state index in [-0.39, 0.29) is 28.7 Å². The maximum Gasteiger partial charge on any atom is 0.243 e. The minimum Gasteiger partial charge on any atom is -0.353 e. The molecule has 7 nitrogen and oxygen atoms in total. The molecule has 1 fully saturated rings. The Morgan fingerprint density at radius 3 is 2.52 bits per heavy atom. The SMILES string of the molecule is CC[C@H](C)NC(=O)C1CCN(S(=O)(=O)c2ccc3c(c2)CCCN3C(C)=O)CC1. The molecule has 0 bridgehead atoms. The van der Waals surface area contributed by atoms with E-state index < -0.39 is 10.0 Å². The Kier molecular flexibility index (Phi) is 6.63. The van der Waals surface area contributed by atoms with Gasteiger partial charge >= 0.3 is 0 Å². The zero-order valence-electron chi connectivity index (χ0n) is 17.5. The quantitative estimate of drug-likeness (QED) is 0.790. The monoisotopic (exact) mass is 421 g/mol. The van der Waals surface area contributed by atoms with Gasteiger partial charge in [0.2, 0.25) is 21.8 Å². The number of hydrogen-bond donors (Lipinski definition) is 1. The molecule has 0 aromatic heterocycles. The number of rotatable bonds is 5. The molecule has 29 heavy (non-hydrogen) atoms. The van der Waals surface area contributed by atoms with Crippen LogP contribution in [0.25, 0.3) is 0 Å². The number of anilines is 1. The Balaban J connectivity index is 1.71. The molecule has 2 heterocycles. The minimum atomic E-state index is -3.61. The molecule has 0 aliphatic carbocycles. The van der Waals surface area contributed by atoms with Gasteiger partial charge in [-0.2, -0.15) is 4.31 Å². The molecule has 1 aromatic carbocycles. The molecule has 0 radical (unpaired) electrons. The molecule has 1 saturated heterocycles. The lowest BCUT2D eigenvalue weighted by molar-refractivity contribution is -0.126. The van der Waals surface area contributed by atoms with Gasteiger partial charge in [0.25, 0.3) is 0 Å². The number of piperidine rings is 1. The smallest absolute Gasteiger partial charge is 0.243 e. The molecule has 1 N–H and O–H groups in total. The van der Waals surface area contributed by atoms with Crippen molar-refractivity contribution in [2.45, 2.75) is 63.8 Å². The van der Waals surface area contributed by atoms with Gasteiger partial charge in [-0.1, -0.05) is 6.92 Å². The molecule has 0 spiro atoms. The van der Waals surface area contributed by atoms with E-state index in [1.165, 1.54) is 11.2 Å². The number of carbonyl (C=O) groups is 2. The van der Waals surface area contributed by atoms with Crippen molar-refractivity contribution < 1.29 is 18.0 Å². The highest BCUT2D eigenvalue weighted by Gasteiger charge is 2.33. The van der Waals surface area contributed by atoms with E-state index in [0.717, 1.165) is 30.5 Å². The van der Waals surface area contributed by atoms with Crippen LogP contribution < -0.4 is 10.2 Å². The molecule has 3 rings (SSSR count). The van der Waals surface area contributed by atoms with Gasteiger partial charge in [0.1, 0.15) is 0 Å². The van der Waals surface area contributed by atoms with Crippen molar-refractivity contribution in [2.75, 3.05) is 24.5 Å². The van der Waals surface area contributed by atoms with Crippen LogP contribution in [0.5, 0.6) is 0 Å². The summed E-state index contributed by atoms with van der Waals surface area (Å²) in [7, 11) is -3.61. The molecule has 0 unspecified atom stereocenters. The molecule has 0 saturated carbocycles. The summed E-state index contributed by atoms with van der Waals surface area (Å²) in [6, 6.07) is 5.18. The fourth-order valence-corrected chi connectivity index (χ4v) is 5.55. The van der Waals surface area contributed by atoms with Gasteiger partial charge in [0.05, 0.1) is 4.90 Å². The van der Waals surface area contributed by atoms with Crippen molar-refractivity contribution in [3.63, 3.8) is 0 Å². The fraction of sp³-hybridized carbons (Fsp3) is 0.619. The lowest BCUT2D eigenvalue weighted by Gasteiger charge is -2.32. The molecular formula is C21H31N3O4S. The summed E-state index contributed by atoms with van der Waals surface area (Å²) in [5.74, 6) is -0.142. The summed E-state index contributed by atoms with van der Waals surface area (Å²) in [6.45, 7) is 6.88. The van der Waals surface area contributed by atoms with Gasteiger partial charge in [-0.3, -0.25) is 9.59 Å². The van der Waals surface area contributed by atoms with Crippen LogP contribution >= 0.6 is 0 Å².